The van der Waals surface area contributed by atoms with Crippen LogP contribution in [-0.2, 0) is 12.6 Å². The lowest BCUT2D eigenvalue weighted by Gasteiger charge is -2.30. The molecule has 1 atom stereocenters. The van der Waals surface area contributed by atoms with E-state index in [1.807, 2.05) is 0 Å². The highest BCUT2D eigenvalue weighted by Crippen LogP contribution is 2.41. The van der Waals surface area contributed by atoms with Crippen LogP contribution in [0.2, 0.25) is 10.0 Å². The van der Waals surface area contributed by atoms with Gasteiger partial charge in [0.15, 0.2) is 11.2 Å². The second kappa shape index (κ2) is 8.91. The average molecular weight is 544 g/mol. The summed E-state index contributed by atoms with van der Waals surface area (Å²) in [5.41, 5.74) is 1.01. The number of rotatable bonds is 5. The molecule has 6 rings (SSSR count). The summed E-state index contributed by atoms with van der Waals surface area (Å²) < 4.78 is 3.05. The maximum atomic E-state index is 12.5. The van der Waals surface area contributed by atoms with E-state index in [4.69, 9.17) is 23.2 Å². The molecule has 3 aromatic heterocycles. The molecule has 0 amide bonds. The van der Waals surface area contributed by atoms with Gasteiger partial charge >= 0.3 is 0 Å². The topological polar surface area (TPSA) is 121 Å². The highest BCUT2D eigenvalue weighted by atomic mass is 35.5. The van der Waals surface area contributed by atoms with Gasteiger partial charge in [0, 0.05) is 28.0 Å². The number of carbonyl (C=O) groups excluding carboxylic acids is 1. The molecule has 11 heteroatoms. The number of aliphatic hydroxyl groups is 1. The Morgan fingerprint density at radius 2 is 1.76 bits per heavy atom. The number of halogens is 2. The molecular weight excluding hydrogens is 527 g/mol. The van der Waals surface area contributed by atoms with Gasteiger partial charge in [-0.15, -0.1) is 5.10 Å². The van der Waals surface area contributed by atoms with E-state index in [-0.39, 0.29) is 11.2 Å². The van der Waals surface area contributed by atoms with Gasteiger partial charge in [-0.05, 0) is 63.5 Å². The summed E-state index contributed by atoms with van der Waals surface area (Å²) in [7, 11) is 1.78. The van der Waals surface area contributed by atoms with Crippen molar-refractivity contribution in [2.75, 3.05) is 0 Å². The van der Waals surface area contributed by atoms with Gasteiger partial charge in [0.25, 0.3) is 0 Å². The fourth-order valence-corrected chi connectivity index (χ4v) is 5.21. The van der Waals surface area contributed by atoms with Gasteiger partial charge in [-0.2, -0.15) is 4.52 Å². The number of carboxylic acid groups (broad SMARTS) is 1. The number of hydrogen-bond donors (Lipinski definition) is 1. The van der Waals surface area contributed by atoms with Gasteiger partial charge in [-0.3, -0.25) is 0 Å². The molecule has 0 bridgehead atoms. The van der Waals surface area contributed by atoms with Gasteiger partial charge in [0.1, 0.15) is 0 Å². The minimum absolute atomic E-state index is 0.0276. The van der Waals surface area contributed by atoms with Crippen LogP contribution in [0, 0.1) is 0 Å². The highest BCUT2D eigenvalue weighted by Gasteiger charge is 2.37. The first-order valence-corrected chi connectivity index (χ1v) is 12.2. The number of benzene rings is 3. The summed E-state index contributed by atoms with van der Waals surface area (Å²) in [6, 6.07) is 18.8. The van der Waals surface area contributed by atoms with Crippen LogP contribution in [0.1, 0.15) is 27.2 Å². The number of carboxylic acids is 1. The SMILES string of the molecule is Cn1cncc1C(O)(c1ccc(Cl)cc1)c1ccc2c(c1)c(-c1cccc(Cl)c1)c(C(=O)[O-])c1nnnn12. The zero-order valence-corrected chi connectivity index (χ0v) is 21.2. The van der Waals surface area contributed by atoms with Gasteiger partial charge in [0.05, 0.1) is 35.3 Å². The van der Waals surface area contributed by atoms with Crippen LogP contribution in [0.3, 0.4) is 0 Å². The third kappa shape index (κ3) is 3.63. The number of tetrazole rings is 1. The van der Waals surface area contributed by atoms with Gasteiger partial charge in [-0.1, -0.05) is 53.5 Å². The predicted octanol–water partition coefficient (Wildman–Crippen LogP) is 3.63. The van der Waals surface area contributed by atoms with E-state index < -0.39 is 11.6 Å². The van der Waals surface area contributed by atoms with Crippen molar-refractivity contribution in [3.63, 3.8) is 0 Å². The molecule has 1 unspecified atom stereocenters. The van der Waals surface area contributed by atoms with Crippen LogP contribution in [0.15, 0.2) is 79.3 Å². The lowest BCUT2D eigenvalue weighted by atomic mass is 9.82. The minimum Gasteiger partial charge on any atom is -0.545 e. The zero-order valence-electron chi connectivity index (χ0n) is 19.7. The molecule has 3 heterocycles. The van der Waals surface area contributed by atoms with Crippen LogP contribution in [-0.4, -0.2) is 40.7 Å². The van der Waals surface area contributed by atoms with E-state index in [1.54, 1.807) is 90.9 Å². The fraction of sp³-hybridized carbons (Fsp3) is 0.0741. The molecule has 0 spiro atoms. The van der Waals surface area contributed by atoms with Crippen molar-refractivity contribution >= 4 is 45.7 Å². The zero-order chi connectivity index (χ0) is 26.6. The number of aromatic nitrogens is 6. The van der Waals surface area contributed by atoms with Crippen LogP contribution in [0.4, 0.5) is 0 Å². The molecule has 38 heavy (non-hydrogen) atoms. The number of carbonyl (C=O) groups is 1. The smallest absolute Gasteiger partial charge is 0.189 e. The third-order valence-electron chi connectivity index (χ3n) is 6.62. The maximum absolute atomic E-state index is 12.5. The number of fused-ring (bicyclic) bond motifs is 3. The summed E-state index contributed by atoms with van der Waals surface area (Å²) in [6.45, 7) is 0. The Bertz CT molecular complexity index is 1870. The Morgan fingerprint density at radius 3 is 2.45 bits per heavy atom. The molecule has 0 aliphatic rings. The van der Waals surface area contributed by atoms with E-state index in [2.05, 4.69) is 20.5 Å². The molecule has 0 aliphatic heterocycles. The molecule has 0 saturated heterocycles. The molecule has 188 valence electrons. The van der Waals surface area contributed by atoms with Crippen molar-refractivity contribution in [3.05, 3.63) is 112 Å². The Hall–Kier alpha value is -4.31. The summed E-state index contributed by atoms with van der Waals surface area (Å²) >= 11 is 12.4. The fourth-order valence-electron chi connectivity index (χ4n) is 4.89. The first kappa shape index (κ1) is 24.1. The number of pyridine rings is 1. The van der Waals surface area contributed by atoms with Crippen LogP contribution >= 0.6 is 23.2 Å². The van der Waals surface area contributed by atoms with Crippen LogP contribution in [0.25, 0.3) is 27.7 Å². The number of aromatic carboxylic acids is 1. The molecule has 6 aromatic rings. The lowest BCUT2D eigenvalue weighted by molar-refractivity contribution is -0.254. The van der Waals surface area contributed by atoms with E-state index in [9.17, 15) is 15.0 Å². The van der Waals surface area contributed by atoms with Crippen molar-refractivity contribution in [1.82, 2.24) is 29.6 Å². The van der Waals surface area contributed by atoms with Crippen molar-refractivity contribution in [3.8, 4) is 11.1 Å². The summed E-state index contributed by atoms with van der Waals surface area (Å²) in [5, 5.41) is 37.9. The molecule has 0 saturated carbocycles. The molecular formula is C27H17Cl2N6O3-. The Morgan fingerprint density at radius 1 is 1.00 bits per heavy atom. The standard InChI is InChI=1S/C27H18Cl2N6O3/c1-34-14-30-13-22(34)27(38,16-5-8-18(28)9-6-16)17-7-10-21-20(12-17)23(15-3-2-4-19(29)11-15)24(26(36)37)25-31-32-33-35(21)25/h2-14,38H,1H3,(H,36,37)/p-1. The molecule has 1 N–H and O–H groups in total. The molecule has 9 nitrogen and oxygen atoms in total. The Kier molecular flexibility index (Phi) is 5.64. The minimum atomic E-state index is -1.67. The lowest BCUT2D eigenvalue weighted by Crippen LogP contribution is -2.31. The van der Waals surface area contributed by atoms with E-state index in [0.29, 0.717) is 48.9 Å². The predicted molar refractivity (Wildman–Crippen MR) is 140 cm³/mol. The first-order valence-electron chi connectivity index (χ1n) is 11.4. The van der Waals surface area contributed by atoms with Crippen molar-refractivity contribution in [1.29, 1.82) is 0 Å². The number of hydrogen-bond acceptors (Lipinski definition) is 7. The molecule has 0 aliphatic carbocycles. The Balaban J connectivity index is 1.75. The quantitative estimate of drug-likeness (QED) is 0.352. The van der Waals surface area contributed by atoms with E-state index in [1.165, 1.54) is 4.52 Å². The summed E-state index contributed by atoms with van der Waals surface area (Å²) in [6.07, 6.45) is 3.17. The summed E-state index contributed by atoms with van der Waals surface area (Å²) in [4.78, 5) is 16.7. The second-order valence-corrected chi connectivity index (χ2v) is 9.67. The van der Waals surface area contributed by atoms with E-state index in [0.717, 1.165) is 0 Å². The number of nitrogens with zero attached hydrogens (tertiary/aromatic N) is 6. The van der Waals surface area contributed by atoms with Crippen molar-refractivity contribution < 1.29 is 15.0 Å². The molecule has 0 fully saturated rings. The van der Waals surface area contributed by atoms with Gasteiger partial charge in [-0.25, -0.2) is 4.98 Å². The van der Waals surface area contributed by atoms with Crippen LogP contribution in [0.5, 0.6) is 0 Å². The highest BCUT2D eigenvalue weighted by molar-refractivity contribution is 6.31. The van der Waals surface area contributed by atoms with Crippen molar-refractivity contribution in [2.45, 2.75) is 5.60 Å². The monoisotopic (exact) mass is 543 g/mol. The van der Waals surface area contributed by atoms with Crippen LogP contribution < -0.4 is 5.11 Å². The number of imidazole rings is 1. The van der Waals surface area contributed by atoms with Crippen molar-refractivity contribution in [2.24, 2.45) is 7.05 Å². The second-order valence-electron chi connectivity index (χ2n) is 8.80. The van der Waals surface area contributed by atoms with E-state index >= 15 is 0 Å². The first-order chi connectivity index (χ1) is 18.3. The normalized spacial score (nSPS) is 13.2. The largest absolute Gasteiger partial charge is 0.545 e. The molecule has 3 aromatic carbocycles. The maximum Gasteiger partial charge on any atom is 0.189 e. The van der Waals surface area contributed by atoms with Gasteiger partial charge < -0.3 is 19.6 Å². The Labute approximate surface area is 225 Å². The number of aryl methyl sites for hydroxylation is 1. The summed E-state index contributed by atoms with van der Waals surface area (Å²) in [5.74, 6) is -1.45. The molecule has 0 radical (unpaired) electrons. The van der Waals surface area contributed by atoms with Gasteiger partial charge in [0.2, 0.25) is 0 Å². The average Bonchev–Trinajstić information content (AvgIpc) is 3.57. The third-order valence-corrected chi connectivity index (χ3v) is 7.11.